The molecule has 0 fully saturated rings. The van der Waals surface area contributed by atoms with Gasteiger partial charge in [0.25, 0.3) is 0 Å². The molecular formula is C21H42ClNO2. The summed E-state index contributed by atoms with van der Waals surface area (Å²) in [5, 5.41) is 2.90. The van der Waals surface area contributed by atoms with E-state index in [4.69, 9.17) is 4.74 Å². The summed E-state index contributed by atoms with van der Waals surface area (Å²) in [6, 6.07) is 0. The van der Waals surface area contributed by atoms with Crippen LogP contribution in [0.4, 0.5) is 0 Å². The zero-order valence-electron chi connectivity index (χ0n) is 16.9. The molecule has 0 aromatic rings. The summed E-state index contributed by atoms with van der Waals surface area (Å²) in [7, 11) is 1.79. The summed E-state index contributed by atoms with van der Waals surface area (Å²) in [5.41, 5.74) is 0. The molecule has 3 nitrogen and oxygen atoms in total. The smallest absolute Gasteiger partial charge is 0.307 e. The number of carbonyl (C=O) groups excluding carboxylic acids is 1. The summed E-state index contributed by atoms with van der Waals surface area (Å²) in [5.74, 6) is -0.0884. The second-order valence-corrected chi connectivity index (χ2v) is 6.76. The molecule has 0 aromatic heterocycles. The van der Waals surface area contributed by atoms with E-state index in [1.807, 2.05) is 6.92 Å². The molecule has 0 bridgehead atoms. The van der Waals surface area contributed by atoms with Crippen LogP contribution >= 0.6 is 12.4 Å². The van der Waals surface area contributed by atoms with Gasteiger partial charge in [0.05, 0.1) is 0 Å². The number of unbranched alkanes of at least 4 members (excludes halogenated alkanes) is 11. The van der Waals surface area contributed by atoms with Crippen LogP contribution in [0.3, 0.4) is 0 Å². The minimum atomic E-state index is -0.180. The van der Waals surface area contributed by atoms with Gasteiger partial charge in [-0.15, -0.1) is 12.4 Å². The van der Waals surface area contributed by atoms with Crippen LogP contribution in [0.1, 0.15) is 104 Å². The summed E-state index contributed by atoms with van der Waals surface area (Å²) in [6.45, 7) is 4.11. The average Bonchev–Trinajstić information content (AvgIpc) is 2.58. The zero-order valence-corrected chi connectivity index (χ0v) is 17.7. The summed E-state index contributed by atoms with van der Waals surface area (Å²) in [4.78, 5) is 11.5. The Bertz CT molecular complexity index is 308. The van der Waals surface area contributed by atoms with Gasteiger partial charge in [-0.25, -0.2) is 0 Å². The molecule has 0 spiro atoms. The van der Waals surface area contributed by atoms with Gasteiger partial charge in [-0.05, 0) is 46.1 Å². The molecule has 0 saturated carbocycles. The Balaban J connectivity index is 0. The third-order valence-corrected chi connectivity index (χ3v) is 4.36. The Morgan fingerprint density at radius 1 is 0.880 bits per heavy atom. The van der Waals surface area contributed by atoms with Crippen LogP contribution in [0.2, 0.25) is 0 Å². The highest BCUT2D eigenvalue weighted by atomic mass is 35.5. The Hall–Kier alpha value is -0.540. The van der Waals surface area contributed by atoms with Crippen molar-refractivity contribution in [1.82, 2.24) is 5.32 Å². The lowest BCUT2D eigenvalue weighted by molar-refractivity contribution is -0.149. The van der Waals surface area contributed by atoms with Crippen molar-refractivity contribution in [2.75, 3.05) is 7.05 Å². The number of hydrogen-bond donors (Lipinski definition) is 1. The second-order valence-electron chi connectivity index (χ2n) is 6.76. The van der Waals surface area contributed by atoms with Crippen molar-refractivity contribution in [3.63, 3.8) is 0 Å². The summed E-state index contributed by atoms with van der Waals surface area (Å²) in [6.07, 6.45) is 21.7. The predicted molar refractivity (Wildman–Crippen MR) is 111 cm³/mol. The lowest BCUT2D eigenvalue weighted by Gasteiger charge is -2.11. The fourth-order valence-electron chi connectivity index (χ4n) is 2.66. The molecule has 0 aliphatic rings. The van der Waals surface area contributed by atoms with Gasteiger partial charge in [0.15, 0.2) is 0 Å². The number of halogens is 1. The number of rotatable bonds is 17. The number of allylic oxidation sites excluding steroid dienone is 2. The van der Waals surface area contributed by atoms with E-state index >= 15 is 0 Å². The highest BCUT2D eigenvalue weighted by Gasteiger charge is 2.06. The third kappa shape index (κ3) is 21.4. The van der Waals surface area contributed by atoms with E-state index in [0.29, 0.717) is 6.42 Å². The maximum Gasteiger partial charge on any atom is 0.307 e. The summed E-state index contributed by atoms with van der Waals surface area (Å²) >= 11 is 0. The molecule has 0 aliphatic carbocycles. The molecule has 0 aromatic carbocycles. The molecule has 0 heterocycles. The van der Waals surface area contributed by atoms with E-state index in [9.17, 15) is 4.79 Å². The van der Waals surface area contributed by atoms with E-state index < -0.39 is 0 Å². The van der Waals surface area contributed by atoms with Crippen LogP contribution in [0.5, 0.6) is 0 Å². The van der Waals surface area contributed by atoms with E-state index in [1.165, 1.54) is 70.6 Å². The maximum atomic E-state index is 11.5. The van der Waals surface area contributed by atoms with E-state index in [0.717, 1.165) is 12.8 Å². The Morgan fingerprint density at radius 2 is 1.36 bits per heavy atom. The van der Waals surface area contributed by atoms with Gasteiger partial charge >= 0.3 is 5.97 Å². The van der Waals surface area contributed by atoms with Gasteiger partial charge in [0.1, 0.15) is 6.23 Å². The maximum absolute atomic E-state index is 11.5. The quantitative estimate of drug-likeness (QED) is 0.135. The van der Waals surface area contributed by atoms with Crippen LogP contribution in [0.25, 0.3) is 0 Å². The van der Waals surface area contributed by atoms with E-state index in [1.54, 1.807) is 7.05 Å². The Kier molecular flexibility index (Phi) is 23.0. The number of ether oxygens (including phenoxy) is 1. The van der Waals surface area contributed by atoms with Crippen LogP contribution in [-0.4, -0.2) is 19.2 Å². The molecule has 25 heavy (non-hydrogen) atoms. The molecule has 0 amide bonds. The number of carbonyl (C=O) groups is 1. The summed E-state index contributed by atoms with van der Waals surface area (Å²) < 4.78 is 5.16. The highest BCUT2D eigenvalue weighted by molar-refractivity contribution is 5.85. The van der Waals surface area contributed by atoms with Crippen LogP contribution in [0.15, 0.2) is 12.2 Å². The second kappa shape index (κ2) is 21.5. The monoisotopic (exact) mass is 375 g/mol. The first-order valence-corrected chi connectivity index (χ1v) is 10.2. The van der Waals surface area contributed by atoms with Crippen molar-refractivity contribution < 1.29 is 9.53 Å². The minimum Gasteiger partial charge on any atom is -0.447 e. The van der Waals surface area contributed by atoms with Crippen molar-refractivity contribution in [1.29, 1.82) is 0 Å². The average molecular weight is 376 g/mol. The molecule has 0 saturated heterocycles. The highest BCUT2D eigenvalue weighted by Crippen LogP contribution is 2.10. The van der Waals surface area contributed by atoms with E-state index in [-0.39, 0.29) is 24.6 Å². The van der Waals surface area contributed by atoms with Crippen LogP contribution in [-0.2, 0) is 9.53 Å². The number of nitrogens with one attached hydrogen (secondary N) is 1. The molecule has 1 unspecified atom stereocenters. The molecule has 1 N–H and O–H groups in total. The number of esters is 1. The van der Waals surface area contributed by atoms with Crippen molar-refractivity contribution in [2.24, 2.45) is 0 Å². The van der Waals surface area contributed by atoms with E-state index in [2.05, 4.69) is 24.4 Å². The van der Waals surface area contributed by atoms with Crippen LogP contribution < -0.4 is 5.32 Å². The Labute approximate surface area is 162 Å². The fraction of sp³-hybridized carbons (Fsp3) is 0.857. The molecule has 4 heteroatoms. The SMILES string of the molecule is CCCCCCCC/C=C\CCCCCCCC(=O)OC(C)NC.Cl. The molecule has 1 atom stereocenters. The molecule has 0 radical (unpaired) electrons. The van der Waals surface area contributed by atoms with Crippen LogP contribution in [0, 0.1) is 0 Å². The molecule has 0 aliphatic heterocycles. The van der Waals surface area contributed by atoms with Gasteiger partial charge < -0.3 is 4.74 Å². The predicted octanol–water partition coefficient (Wildman–Crippen LogP) is 6.55. The first kappa shape index (κ1) is 26.7. The molecule has 0 rings (SSSR count). The topological polar surface area (TPSA) is 38.3 Å². The molecular weight excluding hydrogens is 334 g/mol. The van der Waals surface area contributed by atoms with Gasteiger partial charge in [0, 0.05) is 6.42 Å². The Morgan fingerprint density at radius 3 is 1.88 bits per heavy atom. The fourth-order valence-corrected chi connectivity index (χ4v) is 2.66. The van der Waals surface area contributed by atoms with Gasteiger partial charge in [-0.2, -0.15) is 0 Å². The third-order valence-electron chi connectivity index (χ3n) is 4.36. The van der Waals surface area contributed by atoms with Crippen molar-refractivity contribution in [3.05, 3.63) is 12.2 Å². The van der Waals surface area contributed by atoms with Crippen molar-refractivity contribution >= 4 is 18.4 Å². The van der Waals surface area contributed by atoms with Gasteiger partial charge in [-0.3, -0.25) is 10.1 Å². The van der Waals surface area contributed by atoms with Crippen molar-refractivity contribution in [2.45, 2.75) is 110 Å². The van der Waals surface area contributed by atoms with Gasteiger partial charge in [0.2, 0.25) is 0 Å². The first-order chi connectivity index (χ1) is 11.7. The standard InChI is InChI=1S/C21H41NO2.ClH/c1-4-5-6-7-8-9-10-11-12-13-14-15-16-17-18-19-21(23)24-20(2)22-3;/h11-12,20,22H,4-10,13-19H2,1-3H3;1H/b12-11-;. The minimum absolute atomic E-state index is 0. The normalized spacial score (nSPS) is 12.1. The number of hydrogen-bond acceptors (Lipinski definition) is 3. The first-order valence-electron chi connectivity index (χ1n) is 10.2. The zero-order chi connectivity index (χ0) is 17.9. The van der Waals surface area contributed by atoms with Gasteiger partial charge in [-0.1, -0.05) is 70.4 Å². The van der Waals surface area contributed by atoms with Crippen molar-refractivity contribution in [3.8, 4) is 0 Å². The lowest BCUT2D eigenvalue weighted by atomic mass is 10.1. The lowest BCUT2D eigenvalue weighted by Crippen LogP contribution is -2.27. The largest absolute Gasteiger partial charge is 0.447 e. The molecule has 150 valence electrons.